The third-order valence-corrected chi connectivity index (χ3v) is 5.15. The average molecular weight is 505 g/mol. The van der Waals surface area contributed by atoms with Gasteiger partial charge in [0.05, 0.1) is 12.4 Å². The second kappa shape index (κ2) is 16.6. The smallest absolute Gasteiger partial charge is 1.00 e. The van der Waals surface area contributed by atoms with Gasteiger partial charge in [0.25, 0.3) is 10.1 Å². The van der Waals surface area contributed by atoms with Gasteiger partial charge in [-0.2, -0.15) is 8.42 Å². The van der Waals surface area contributed by atoms with Crippen molar-refractivity contribution in [1.82, 2.24) is 0 Å². The second-order valence-corrected chi connectivity index (χ2v) is 9.15. The van der Waals surface area contributed by atoms with Crippen molar-refractivity contribution < 1.29 is 44.4 Å². The maximum atomic E-state index is 12.9. The van der Waals surface area contributed by atoms with E-state index in [9.17, 15) is 22.8 Å². The Labute approximate surface area is 223 Å². The minimum Gasteiger partial charge on any atom is -1.00 e. The van der Waals surface area contributed by atoms with Crippen molar-refractivity contribution in [3.05, 3.63) is 24.3 Å². The first-order valence-corrected chi connectivity index (χ1v) is 11.7. The van der Waals surface area contributed by atoms with E-state index in [0.29, 0.717) is 32.1 Å². The summed E-state index contributed by atoms with van der Waals surface area (Å²) in [5.74, 6) is -2.30. The number of hydrogen-bond acceptors (Lipinski definition) is 8. The predicted molar refractivity (Wildman–Crippen MR) is 123 cm³/mol. The van der Waals surface area contributed by atoms with E-state index in [1.165, 1.54) is 13.8 Å². The van der Waals surface area contributed by atoms with Gasteiger partial charge >= 0.3 is 55.6 Å². The van der Waals surface area contributed by atoms with Gasteiger partial charge in [0.1, 0.15) is 18.6 Å². The fraction of sp³-hybridized carbons (Fsp3) is 0.667. The number of unbranched alkanes of at least 4 members (excludes halogenated alkanes) is 3. The fourth-order valence-electron chi connectivity index (χ4n) is 2.60. The Morgan fingerprint density at radius 1 is 0.906 bits per heavy atom. The second-order valence-electron chi connectivity index (χ2n) is 7.58. The van der Waals surface area contributed by atoms with Crippen LogP contribution in [-0.2, 0) is 38.7 Å². The van der Waals surface area contributed by atoms with Gasteiger partial charge in [-0.25, -0.2) is 9.59 Å². The van der Waals surface area contributed by atoms with Crippen molar-refractivity contribution in [3.63, 3.8) is 0 Å². The molecule has 0 unspecified atom stereocenters. The maximum absolute atomic E-state index is 12.9. The van der Waals surface area contributed by atoms with E-state index in [1.807, 2.05) is 6.92 Å². The molecule has 0 bridgehead atoms. The summed E-state index contributed by atoms with van der Waals surface area (Å²) in [6, 6.07) is 0. The zero-order valence-corrected chi connectivity index (χ0v) is 22.3. The minimum atomic E-state index is -3.98. The van der Waals surface area contributed by atoms with Crippen LogP contribution >= 0.6 is 0 Å². The van der Waals surface area contributed by atoms with Crippen LogP contribution in [0, 0.1) is 5.41 Å². The van der Waals surface area contributed by atoms with E-state index < -0.39 is 33.4 Å². The van der Waals surface area contributed by atoms with Gasteiger partial charge < -0.3 is 17.1 Å². The van der Waals surface area contributed by atoms with E-state index >= 15 is 0 Å². The molecule has 0 aliphatic heterocycles. The maximum Gasteiger partial charge on any atom is 2.00 e. The molecule has 0 aromatic heterocycles. The first-order chi connectivity index (χ1) is 14.3. The van der Waals surface area contributed by atoms with E-state index in [-0.39, 0.29) is 83.7 Å². The van der Waals surface area contributed by atoms with Crippen LogP contribution in [0.25, 0.3) is 0 Å². The Morgan fingerprint density at radius 2 is 1.38 bits per heavy atom. The number of carbonyl (C=O) groups excluding carboxylic acids is 3. The van der Waals surface area contributed by atoms with Crippen LogP contribution in [0.15, 0.2) is 24.3 Å². The molecule has 0 saturated heterocycles. The van der Waals surface area contributed by atoms with Gasteiger partial charge in [-0.05, 0) is 33.1 Å². The molecule has 0 amide bonds. The Kier molecular flexibility index (Phi) is 17.3. The first kappa shape index (κ1) is 33.2. The zero-order valence-electron chi connectivity index (χ0n) is 21.3. The summed E-state index contributed by atoms with van der Waals surface area (Å²) in [4.78, 5) is 36.6. The molecule has 11 heteroatoms. The number of rotatable bonds is 16. The number of esters is 3. The molecule has 182 valence electrons. The van der Waals surface area contributed by atoms with Crippen molar-refractivity contribution in [2.75, 3.05) is 25.6 Å². The molecule has 32 heavy (non-hydrogen) atoms. The zero-order chi connectivity index (χ0) is 24.1. The summed E-state index contributed by atoms with van der Waals surface area (Å²) < 4.78 is 45.8. The molecule has 0 aliphatic rings. The van der Waals surface area contributed by atoms with Gasteiger partial charge in [-0.15, -0.1) is 0 Å². The standard InChI is InChI=1S/C21H34O9S.Ca.2H/c1-6-11-21(14-29-18(22)16(2)3,15-30-19(23)17(4)5)20(24)28-12-9-7-8-10-13-31(25,26)27;;;/h2,4,6-15H2,1,3,5H3,(H,25,26,27);;;/q;+2;2*-1. The van der Waals surface area contributed by atoms with Crippen molar-refractivity contribution in [2.45, 2.75) is 59.3 Å². The molecule has 0 heterocycles. The quantitative estimate of drug-likeness (QED) is 0.0841. The van der Waals surface area contributed by atoms with E-state index in [0.717, 1.165) is 0 Å². The van der Waals surface area contributed by atoms with E-state index in [1.54, 1.807) is 0 Å². The Hall–Kier alpha value is -0.940. The van der Waals surface area contributed by atoms with E-state index in [2.05, 4.69) is 13.2 Å². The SMILES string of the molecule is C=C(C)C(=O)OCC(CCC)(COC(=O)C(=C)C)C(=O)OCCCCCCS(=O)(=O)O.[Ca+2].[H-].[H-]. The van der Waals surface area contributed by atoms with Crippen LogP contribution in [-0.4, -0.2) is 94.2 Å². The molecule has 0 aliphatic carbocycles. The first-order valence-electron chi connectivity index (χ1n) is 10.1. The molecule has 0 radical (unpaired) electrons. The van der Waals surface area contributed by atoms with Crippen molar-refractivity contribution >= 4 is 65.8 Å². The fourth-order valence-corrected chi connectivity index (χ4v) is 3.17. The van der Waals surface area contributed by atoms with Crippen molar-refractivity contribution in [3.8, 4) is 0 Å². The average Bonchev–Trinajstić information content (AvgIpc) is 2.67. The molecule has 0 spiro atoms. The number of ether oxygens (including phenoxy) is 3. The summed E-state index contributed by atoms with van der Waals surface area (Å²) in [5.41, 5.74) is -1.03. The molecular weight excluding hydrogens is 468 g/mol. The van der Waals surface area contributed by atoms with Gasteiger partial charge in [0.2, 0.25) is 0 Å². The van der Waals surface area contributed by atoms with Crippen LogP contribution < -0.4 is 0 Å². The summed E-state index contributed by atoms with van der Waals surface area (Å²) in [6.45, 7) is 11.2. The van der Waals surface area contributed by atoms with Crippen LogP contribution in [0.3, 0.4) is 0 Å². The van der Waals surface area contributed by atoms with Gasteiger partial charge in [-0.3, -0.25) is 9.35 Å². The summed E-state index contributed by atoms with van der Waals surface area (Å²) >= 11 is 0. The summed E-state index contributed by atoms with van der Waals surface area (Å²) in [5, 5.41) is 0. The Balaban J connectivity index is -0.00000150. The minimum absolute atomic E-state index is 0. The summed E-state index contributed by atoms with van der Waals surface area (Å²) in [7, 11) is -3.98. The topological polar surface area (TPSA) is 133 Å². The molecule has 1 N–H and O–H groups in total. The largest absolute Gasteiger partial charge is 2.00 e. The molecular formula is C21H36CaO9S. The Bertz CT molecular complexity index is 740. The van der Waals surface area contributed by atoms with E-state index in [4.69, 9.17) is 18.8 Å². The van der Waals surface area contributed by atoms with Crippen LogP contribution in [0.4, 0.5) is 0 Å². The predicted octanol–water partition coefficient (Wildman–Crippen LogP) is 2.85. The summed E-state index contributed by atoms with van der Waals surface area (Å²) in [6.07, 6.45) is 2.73. The number of hydrogen-bond donors (Lipinski definition) is 1. The third-order valence-electron chi connectivity index (χ3n) is 4.35. The van der Waals surface area contributed by atoms with Crippen molar-refractivity contribution in [1.29, 1.82) is 0 Å². The van der Waals surface area contributed by atoms with Crippen LogP contribution in [0.2, 0.25) is 0 Å². The molecule has 0 atom stereocenters. The van der Waals surface area contributed by atoms with Gasteiger partial charge in [0, 0.05) is 11.1 Å². The molecule has 0 aromatic rings. The molecule has 0 fully saturated rings. The molecule has 0 rings (SSSR count). The van der Waals surface area contributed by atoms with Crippen LogP contribution in [0.5, 0.6) is 0 Å². The molecule has 9 nitrogen and oxygen atoms in total. The monoisotopic (exact) mass is 504 g/mol. The van der Waals surface area contributed by atoms with Gasteiger partial charge in [0.15, 0.2) is 0 Å². The van der Waals surface area contributed by atoms with Crippen molar-refractivity contribution in [2.24, 2.45) is 5.41 Å². The van der Waals surface area contributed by atoms with Gasteiger partial charge in [-0.1, -0.05) is 39.3 Å². The molecule has 0 aromatic carbocycles. The third kappa shape index (κ3) is 14.3. The molecule has 0 saturated carbocycles. The normalized spacial score (nSPS) is 11.1. The van der Waals surface area contributed by atoms with Crippen LogP contribution in [0.1, 0.15) is 62.1 Å². The Morgan fingerprint density at radius 3 is 1.78 bits per heavy atom. The number of carbonyl (C=O) groups is 3.